The molecule has 0 saturated carbocycles. The van der Waals surface area contributed by atoms with E-state index < -0.39 is 5.97 Å². The topological polar surface area (TPSA) is 70.7 Å². The van der Waals surface area contributed by atoms with Gasteiger partial charge in [-0.25, -0.2) is 9.59 Å². The Kier molecular flexibility index (Phi) is 7.71. The Balaban J connectivity index is 1.81. The number of hydrogen-bond acceptors (Lipinski definition) is 4. The van der Waals surface area contributed by atoms with Crippen LogP contribution in [0.3, 0.4) is 0 Å². The van der Waals surface area contributed by atoms with Crippen molar-refractivity contribution in [2.45, 2.75) is 46.0 Å². The lowest BCUT2D eigenvalue weighted by molar-refractivity contribution is 0.0526. The second-order valence-corrected chi connectivity index (χ2v) is 7.48. The van der Waals surface area contributed by atoms with E-state index >= 15 is 0 Å². The quantitative estimate of drug-likeness (QED) is 0.623. The molecule has 6 heteroatoms. The Bertz CT molecular complexity index is 856. The van der Waals surface area contributed by atoms with E-state index in [1.54, 1.807) is 19.1 Å². The van der Waals surface area contributed by atoms with Crippen molar-refractivity contribution >= 4 is 29.1 Å². The molecule has 6 nitrogen and oxygen atoms in total. The minimum Gasteiger partial charge on any atom is -0.462 e. The van der Waals surface area contributed by atoms with Crippen LogP contribution in [-0.4, -0.2) is 31.7 Å². The number of carbonyl (C=O) groups excluding carboxylic acids is 2. The molecule has 0 aliphatic carbocycles. The number of ether oxygens (including phenoxy) is 1. The zero-order valence-corrected chi connectivity index (χ0v) is 17.9. The Labute approximate surface area is 178 Å². The summed E-state index contributed by atoms with van der Waals surface area (Å²) < 4.78 is 5.13. The van der Waals surface area contributed by atoms with Crippen molar-refractivity contribution in [3.05, 3.63) is 53.6 Å². The molecule has 0 radical (unpaired) electrons. The van der Waals surface area contributed by atoms with Crippen molar-refractivity contribution in [1.82, 2.24) is 0 Å². The predicted octanol–water partition coefficient (Wildman–Crippen LogP) is 5.45. The smallest absolute Gasteiger partial charge is 0.338 e. The summed E-state index contributed by atoms with van der Waals surface area (Å²) >= 11 is 0. The van der Waals surface area contributed by atoms with Crippen LogP contribution in [0.2, 0.25) is 0 Å². The summed E-state index contributed by atoms with van der Waals surface area (Å²) in [6.07, 6.45) is 5.62. The molecule has 1 aliphatic heterocycles. The SMILES string of the molecule is CCOC(=O)c1ccc(N2CCCCCC2)c(NC(=O)Nc2ccc(CC)cc2)c1. The molecule has 2 aromatic rings. The third-order valence-electron chi connectivity index (χ3n) is 5.32. The molecule has 1 fully saturated rings. The molecule has 2 aromatic carbocycles. The lowest BCUT2D eigenvalue weighted by atomic mass is 10.1. The zero-order valence-electron chi connectivity index (χ0n) is 17.9. The van der Waals surface area contributed by atoms with Gasteiger partial charge < -0.3 is 20.3 Å². The molecule has 0 bridgehead atoms. The van der Waals surface area contributed by atoms with Gasteiger partial charge in [-0.1, -0.05) is 31.9 Å². The van der Waals surface area contributed by atoms with Gasteiger partial charge in [-0.3, -0.25) is 0 Å². The van der Waals surface area contributed by atoms with E-state index in [0.717, 1.165) is 43.7 Å². The lowest BCUT2D eigenvalue weighted by Crippen LogP contribution is -2.27. The molecule has 0 aromatic heterocycles. The Hall–Kier alpha value is -3.02. The van der Waals surface area contributed by atoms with Gasteiger partial charge in [0.1, 0.15) is 0 Å². The van der Waals surface area contributed by atoms with Gasteiger partial charge in [0.2, 0.25) is 0 Å². The van der Waals surface area contributed by atoms with Gasteiger partial charge in [0.15, 0.2) is 0 Å². The molecule has 0 unspecified atom stereocenters. The van der Waals surface area contributed by atoms with Crippen LogP contribution in [0.1, 0.15) is 55.5 Å². The zero-order chi connectivity index (χ0) is 21.3. The number of nitrogens with one attached hydrogen (secondary N) is 2. The number of anilines is 3. The van der Waals surface area contributed by atoms with Crippen LogP contribution in [0.5, 0.6) is 0 Å². The van der Waals surface area contributed by atoms with Gasteiger partial charge in [-0.05, 0) is 62.1 Å². The maximum Gasteiger partial charge on any atom is 0.338 e. The lowest BCUT2D eigenvalue weighted by Gasteiger charge is -2.26. The van der Waals surface area contributed by atoms with Crippen LogP contribution in [0.25, 0.3) is 0 Å². The van der Waals surface area contributed by atoms with E-state index in [9.17, 15) is 9.59 Å². The summed E-state index contributed by atoms with van der Waals surface area (Å²) in [6, 6.07) is 12.8. The van der Waals surface area contributed by atoms with Crippen molar-refractivity contribution in [3.8, 4) is 0 Å². The third-order valence-corrected chi connectivity index (χ3v) is 5.32. The highest BCUT2D eigenvalue weighted by atomic mass is 16.5. The summed E-state index contributed by atoms with van der Waals surface area (Å²) in [5, 5.41) is 5.82. The average molecular weight is 410 g/mol. The molecule has 3 rings (SSSR count). The van der Waals surface area contributed by atoms with Crippen molar-refractivity contribution in [2.75, 3.05) is 35.2 Å². The van der Waals surface area contributed by atoms with Crippen LogP contribution >= 0.6 is 0 Å². The summed E-state index contributed by atoms with van der Waals surface area (Å²) in [6.45, 7) is 6.06. The van der Waals surface area contributed by atoms with Gasteiger partial charge in [-0.2, -0.15) is 0 Å². The van der Waals surface area contributed by atoms with Crippen molar-refractivity contribution in [3.63, 3.8) is 0 Å². The first-order valence-electron chi connectivity index (χ1n) is 10.8. The molecule has 0 spiro atoms. The Morgan fingerprint density at radius 2 is 1.63 bits per heavy atom. The summed E-state index contributed by atoms with van der Waals surface area (Å²) in [5.74, 6) is -0.390. The summed E-state index contributed by atoms with van der Waals surface area (Å²) in [7, 11) is 0. The van der Waals surface area contributed by atoms with Gasteiger partial charge in [0, 0.05) is 18.8 Å². The van der Waals surface area contributed by atoms with E-state index in [4.69, 9.17) is 4.74 Å². The number of esters is 1. The minimum absolute atomic E-state index is 0.309. The highest BCUT2D eigenvalue weighted by Gasteiger charge is 2.18. The van der Waals surface area contributed by atoms with E-state index in [-0.39, 0.29) is 6.03 Å². The monoisotopic (exact) mass is 409 g/mol. The first-order chi connectivity index (χ1) is 14.6. The fraction of sp³-hybridized carbons (Fsp3) is 0.417. The first-order valence-corrected chi connectivity index (χ1v) is 10.8. The predicted molar refractivity (Wildman–Crippen MR) is 122 cm³/mol. The molecule has 1 heterocycles. The fourth-order valence-corrected chi connectivity index (χ4v) is 3.67. The number of rotatable bonds is 6. The van der Waals surface area contributed by atoms with Crippen LogP contribution < -0.4 is 15.5 Å². The van der Waals surface area contributed by atoms with E-state index in [0.29, 0.717) is 17.9 Å². The van der Waals surface area contributed by atoms with Crippen LogP contribution in [0, 0.1) is 0 Å². The van der Waals surface area contributed by atoms with E-state index in [2.05, 4.69) is 22.5 Å². The molecule has 30 heavy (non-hydrogen) atoms. The van der Waals surface area contributed by atoms with E-state index in [1.165, 1.54) is 18.4 Å². The van der Waals surface area contributed by atoms with E-state index in [1.807, 2.05) is 30.3 Å². The number of hydrogen-bond donors (Lipinski definition) is 2. The maximum atomic E-state index is 12.7. The maximum absolute atomic E-state index is 12.7. The number of amides is 2. The summed E-state index contributed by atoms with van der Waals surface area (Å²) in [4.78, 5) is 27.2. The second kappa shape index (κ2) is 10.7. The number of nitrogens with zero attached hydrogens (tertiary/aromatic N) is 1. The number of urea groups is 1. The Morgan fingerprint density at radius 3 is 2.27 bits per heavy atom. The second-order valence-electron chi connectivity index (χ2n) is 7.48. The van der Waals surface area contributed by atoms with Crippen LogP contribution in [0.4, 0.5) is 21.9 Å². The van der Waals surface area contributed by atoms with Crippen molar-refractivity contribution in [1.29, 1.82) is 0 Å². The van der Waals surface area contributed by atoms with Gasteiger partial charge in [0.25, 0.3) is 0 Å². The number of aryl methyl sites for hydroxylation is 1. The van der Waals surface area contributed by atoms with Crippen LogP contribution in [0.15, 0.2) is 42.5 Å². The highest BCUT2D eigenvalue weighted by Crippen LogP contribution is 2.30. The minimum atomic E-state index is -0.390. The molecular formula is C24H31N3O3. The van der Waals surface area contributed by atoms with Gasteiger partial charge in [-0.15, -0.1) is 0 Å². The van der Waals surface area contributed by atoms with Gasteiger partial charge >= 0.3 is 12.0 Å². The van der Waals surface area contributed by atoms with Crippen LogP contribution in [-0.2, 0) is 11.2 Å². The molecular weight excluding hydrogens is 378 g/mol. The first kappa shape index (κ1) is 21.7. The Morgan fingerprint density at radius 1 is 0.933 bits per heavy atom. The average Bonchev–Trinajstić information content (AvgIpc) is 3.04. The molecule has 2 amide bonds. The van der Waals surface area contributed by atoms with Crippen molar-refractivity contribution in [2.24, 2.45) is 0 Å². The molecule has 0 atom stereocenters. The molecule has 1 aliphatic rings. The van der Waals surface area contributed by atoms with Gasteiger partial charge in [0.05, 0.1) is 23.5 Å². The number of benzene rings is 2. The highest BCUT2D eigenvalue weighted by molar-refractivity contribution is 6.03. The normalized spacial score (nSPS) is 14.0. The largest absolute Gasteiger partial charge is 0.462 e. The molecule has 1 saturated heterocycles. The number of carbonyl (C=O) groups is 2. The standard InChI is InChI=1S/C24H31N3O3/c1-3-18-9-12-20(13-10-18)25-24(29)26-21-17-19(23(28)30-4-2)11-14-22(21)27-15-7-5-6-8-16-27/h9-14,17H,3-8,15-16H2,1-2H3,(H2,25,26,29). The summed E-state index contributed by atoms with van der Waals surface area (Å²) in [5.41, 5.74) is 3.92. The fourth-order valence-electron chi connectivity index (χ4n) is 3.67. The third kappa shape index (κ3) is 5.75. The molecule has 160 valence electrons. The van der Waals surface area contributed by atoms with Crippen molar-refractivity contribution < 1.29 is 14.3 Å². The molecule has 2 N–H and O–H groups in total.